The molecule has 0 spiro atoms. The van der Waals surface area contributed by atoms with Crippen LogP contribution in [0, 0.1) is 0 Å². The van der Waals surface area contributed by atoms with E-state index in [-0.39, 0.29) is 0 Å². The van der Waals surface area contributed by atoms with Crippen LogP contribution in [-0.4, -0.2) is 25.3 Å². The highest BCUT2D eigenvalue weighted by molar-refractivity contribution is 7.11. The van der Waals surface area contributed by atoms with Crippen molar-refractivity contribution in [3.8, 4) is 0 Å². The van der Waals surface area contributed by atoms with Gasteiger partial charge in [-0.2, -0.15) is 0 Å². The summed E-state index contributed by atoms with van der Waals surface area (Å²) in [6.07, 6.45) is 6.43. The largest absolute Gasteiger partial charge is 0.377 e. The minimum absolute atomic E-state index is 0.408. The lowest BCUT2D eigenvalue weighted by atomic mass is 9.99. The molecule has 1 aromatic rings. The van der Waals surface area contributed by atoms with E-state index in [0.29, 0.717) is 12.1 Å². The number of nitrogens with one attached hydrogen (secondary N) is 1. The maximum atomic E-state index is 5.94. The molecule has 0 aliphatic carbocycles. The second-order valence-corrected chi connectivity index (χ2v) is 6.25. The van der Waals surface area contributed by atoms with E-state index in [1.165, 1.54) is 29.0 Å². The first kappa shape index (κ1) is 14.0. The molecule has 2 nitrogen and oxygen atoms in total. The molecule has 2 unspecified atom stereocenters. The number of hydrogen-bond donors (Lipinski definition) is 1. The van der Waals surface area contributed by atoms with Crippen molar-refractivity contribution in [1.29, 1.82) is 0 Å². The quantitative estimate of drug-likeness (QED) is 0.853. The number of aryl methyl sites for hydroxylation is 1. The molecule has 1 fully saturated rings. The normalized spacial score (nSPS) is 22.0. The summed E-state index contributed by atoms with van der Waals surface area (Å²) in [7, 11) is 0. The Morgan fingerprint density at radius 2 is 2.17 bits per heavy atom. The van der Waals surface area contributed by atoms with Crippen LogP contribution in [0.15, 0.2) is 12.1 Å². The molecule has 18 heavy (non-hydrogen) atoms. The molecule has 1 aliphatic rings. The van der Waals surface area contributed by atoms with Crippen molar-refractivity contribution in [3.63, 3.8) is 0 Å². The Labute approximate surface area is 115 Å². The average molecular weight is 267 g/mol. The summed E-state index contributed by atoms with van der Waals surface area (Å²) in [5.41, 5.74) is 0. The third-order valence-corrected chi connectivity index (χ3v) is 4.87. The van der Waals surface area contributed by atoms with Gasteiger partial charge in [0, 0.05) is 22.4 Å². The third kappa shape index (κ3) is 3.81. The minimum Gasteiger partial charge on any atom is -0.377 e. The zero-order valence-electron chi connectivity index (χ0n) is 11.6. The topological polar surface area (TPSA) is 21.3 Å². The Morgan fingerprint density at radius 3 is 2.78 bits per heavy atom. The van der Waals surface area contributed by atoms with Crippen molar-refractivity contribution < 1.29 is 4.74 Å². The van der Waals surface area contributed by atoms with Crippen molar-refractivity contribution in [1.82, 2.24) is 5.32 Å². The fourth-order valence-corrected chi connectivity index (χ4v) is 3.64. The molecule has 2 heterocycles. The zero-order chi connectivity index (χ0) is 12.8. The van der Waals surface area contributed by atoms with Gasteiger partial charge in [0.1, 0.15) is 0 Å². The first-order chi connectivity index (χ1) is 8.83. The molecule has 1 saturated heterocycles. The number of ether oxygens (including phenoxy) is 1. The molecule has 0 saturated carbocycles. The van der Waals surface area contributed by atoms with Crippen molar-refractivity contribution in [3.05, 3.63) is 21.9 Å². The highest BCUT2D eigenvalue weighted by Crippen LogP contribution is 2.23. The number of thiophene rings is 1. The second kappa shape index (κ2) is 7.27. The lowest BCUT2D eigenvalue weighted by Crippen LogP contribution is -2.44. The minimum atomic E-state index is 0.408. The van der Waals surface area contributed by atoms with E-state index in [1.807, 2.05) is 11.3 Å². The van der Waals surface area contributed by atoms with Crippen LogP contribution in [0.2, 0.25) is 0 Å². The van der Waals surface area contributed by atoms with E-state index in [2.05, 4.69) is 31.3 Å². The third-order valence-electron chi connectivity index (χ3n) is 3.62. The van der Waals surface area contributed by atoms with Gasteiger partial charge in [-0.15, -0.1) is 11.3 Å². The van der Waals surface area contributed by atoms with Crippen molar-refractivity contribution >= 4 is 11.3 Å². The van der Waals surface area contributed by atoms with E-state index in [4.69, 9.17) is 4.74 Å². The summed E-state index contributed by atoms with van der Waals surface area (Å²) < 4.78 is 5.94. The fourth-order valence-electron chi connectivity index (χ4n) is 2.62. The predicted molar refractivity (Wildman–Crippen MR) is 78.5 cm³/mol. The van der Waals surface area contributed by atoms with Crippen LogP contribution in [0.25, 0.3) is 0 Å². The second-order valence-electron chi connectivity index (χ2n) is 4.99. The van der Waals surface area contributed by atoms with Crippen LogP contribution in [0.3, 0.4) is 0 Å². The van der Waals surface area contributed by atoms with E-state index in [0.717, 1.165) is 26.0 Å². The highest BCUT2D eigenvalue weighted by Gasteiger charge is 2.24. The summed E-state index contributed by atoms with van der Waals surface area (Å²) in [4.78, 5) is 2.98. The average Bonchev–Trinajstić information content (AvgIpc) is 2.87. The van der Waals surface area contributed by atoms with Gasteiger partial charge >= 0.3 is 0 Å². The van der Waals surface area contributed by atoms with Gasteiger partial charge in [0.2, 0.25) is 0 Å². The number of hydrogen-bond acceptors (Lipinski definition) is 3. The Bertz CT molecular complexity index is 344. The summed E-state index contributed by atoms with van der Waals surface area (Å²) in [6.45, 7) is 6.37. The maximum absolute atomic E-state index is 5.94. The Morgan fingerprint density at radius 1 is 1.33 bits per heavy atom. The van der Waals surface area contributed by atoms with Gasteiger partial charge in [-0.25, -0.2) is 0 Å². The van der Waals surface area contributed by atoms with Crippen LogP contribution in [0.5, 0.6) is 0 Å². The first-order valence-corrected chi connectivity index (χ1v) is 8.07. The first-order valence-electron chi connectivity index (χ1n) is 7.26. The van der Waals surface area contributed by atoms with E-state index >= 15 is 0 Å². The molecule has 1 N–H and O–H groups in total. The number of likely N-dealkylation sites (N-methyl/N-ethyl adjacent to an activating group) is 1. The summed E-state index contributed by atoms with van der Waals surface area (Å²) in [5, 5.41) is 3.61. The van der Waals surface area contributed by atoms with Crippen LogP contribution in [0.4, 0.5) is 0 Å². The molecule has 0 aromatic carbocycles. The standard InChI is InChI=1S/C15H25NOS/c1-3-12-8-9-13(18-12)11-14(16-4-2)15-7-5-6-10-17-15/h8-9,14-16H,3-7,10-11H2,1-2H3. The molecule has 0 radical (unpaired) electrons. The summed E-state index contributed by atoms with van der Waals surface area (Å²) in [5.74, 6) is 0. The molecule has 0 bridgehead atoms. The molecular weight excluding hydrogens is 242 g/mol. The fraction of sp³-hybridized carbons (Fsp3) is 0.733. The van der Waals surface area contributed by atoms with Crippen molar-refractivity contribution in [2.75, 3.05) is 13.2 Å². The predicted octanol–water partition coefficient (Wildman–Crippen LogP) is 3.40. The van der Waals surface area contributed by atoms with Gasteiger partial charge in [-0.05, 0) is 50.8 Å². The Hall–Kier alpha value is -0.380. The molecule has 2 atom stereocenters. The van der Waals surface area contributed by atoms with Crippen LogP contribution >= 0.6 is 11.3 Å². The van der Waals surface area contributed by atoms with Gasteiger partial charge < -0.3 is 10.1 Å². The lowest BCUT2D eigenvalue weighted by molar-refractivity contribution is -0.00693. The molecule has 1 aliphatic heterocycles. The monoisotopic (exact) mass is 267 g/mol. The van der Waals surface area contributed by atoms with Gasteiger partial charge in [0.15, 0.2) is 0 Å². The van der Waals surface area contributed by atoms with Gasteiger partial charge in [-0.3, -0.25) is 0 Å². The summed E-state index contributed by atoms with van der Waals surface area (Å²) >= 11 is 1.96. The SMILES string of the molecule is CCNC(Cc1ccc(CC)s1)C1CCCCO1. The lowest BCUT2D eigenvalue weighted by Gasteiger charge is -2.30. The maximum Gasteiger partial charge on any atom is 0.0731 e. The van der Waals surface area contributed by atoms with Gasteiger partial charge in [-0.1, -0.05) is 13.8 Å². The zero-order valence-corrected chi connectivity index (χ0v) is 12.4. The Balaban J connectivity index is 1.95. The van der Waals surface area contributed by atoms with Gasteiger partial charge in [0.25, 0.3) is 0 Å². The highest BCUT2D eigenvalue weighted by atomic mass is 32.1. The van der Waals surface area contributed by atoms with E-state index < -0.39 is 0 Å². The van der Waals surface area contributed by atoms with E-state index in [1.54, 1.807) is 0 Å². The molecule has 2 rings (SSSR count). The van der Waals surface area contributed by atoms with Crippen LogP contribution < -0.4 is 5.32 Å². The molecule has 102 valence electrons. The van der Waals surface area contributed by atoms with E-state index in [9.17, 15) is 0 Å². The van der Waals surface area contributed by atoms with Crippen molar-refractivity contribution in [2.45, 2.75) is 58.1 Å². The number of rotatable bonds is 6. The smallest absolute Gasteiger partial charge is 0.0731 e. The molecular formula is C15H25NOS. The molecule has 3 heteroatoms. The molecule has 0 amide bonds. The van der Waals surface area contributed by atoms with Gasteiger partial charge in [0.05, 0.1) is 6.10 Å². The van der Waals surface area contributed by atoms with Crippen LogP contribution in [-0.2, 0) is 17.6 Å². The molecule has 1 aromatic heterocycles. The van der Waals surface area contributed by atoms with Crippen molar-refractivity contribution in [2.24, 2.45) is 0 Å². The Kier molecular flexibility index (Phi) is 5.67. The van der Waals surface area contributed by atoms with Crippen LogP contribution in [0.1, 0.15) is 42.9 Å². The summed E-state index contributed by atoms with van der Waals surface area (Å²) in [6, 6.07) is 5.04.